The molecule has 1 aliphatic rings. The van der Waals surface area contributed by atoms with E-state index in [9.17, 15) is 22.8 Å². The fraction of sp³-hybridized carbons (Fsp3) is 0.364. The molecule has 2 aromatic carbocycles. The van der Waals surface area contributed by atoms with Gasteiger partial charge in [-0.3, -0.25) is 9.59 Å². The van der Waals surface area contributed by atoms with Gasteiger partial charge in [-0.2, -0.15) is 10.2 Å². The number of piperidine rings is 1. The average molecular weight is 483 g/mol. The van der Waals surface area contributed by atoms with Crippen molar-refractivity contribution >= 4 is 29.1 Å². The van der Waals surface area contributed by atoms with Crippen molar-refractivity contribution in [3.63, 3.8) is 0 Å². The number of nitrogens with zero attached hydrogens (tertiary/aromatic N) is 3. The number of hydrogen-bond acceptors (Lipinski definition) is 5. The topological polar surface area (TPSA) is 83.4 Å². The number of carbonyl (C=O) groups excluding carboxylic acids is 2. The van der Waals surface area contributed by atoms with Crippen LogP contribution in [-0.2, 0) is 9.59 Å². The van der Waals surface area contributed by atoms with Gasteiger partial charge in [0.05, 0.1) is 17.3 Å². The molecule has 2 amide bonds. The maximum absolute atomic E-state index is 12.7. The molecule has 0 radical (unpaired) electrons. The standard InChI is InChI=1S/C22H22ClF3N4O3/c1-14(31)27-13-21(32)30-11-5-4-8-20(30)29-28-15-9-10-16(18(23)12-15)17-6-2-3-7-19(17)33-22(24,25)26/h2-3,6-7,9-10,12,20H,4-5,8,11,13H2,1H3,(H,27,31)/b29-28+. The number of nitrogens with one attached hydrogen (secondary N) is 1. The van der Waals surface area contributed by atoms with Crippen molar-refractivity contribution < 1.29 is 27.5 Å². The molecule has 1 aliphatic heterocycles. The van der Waals surface area contributed by atoms with Gasteiger partial charge in [0, 0.05) is 24.6 Å². The van der Waals surface area contributed by atoms with Gasteiger partial charge in [0.25, 0.3) is 0 Å². The van der Waals surface area contributed by atoms with Crippen LogP contribution in [0.15, 0.2) is 52.7 Å². The molecular formula is C22H22ClF3N4O3. The molecule has 0 aliphatic carbocycles. The number of halogens is 4. The highest BCUT2D eigenvalue weighted by Gasteiger charge is 2.32. The minimum absolute atomic E-state index is 0.110. The number of likely N-dealkylation sites (tertiary alicyclic amines) is 1. The Kier molecular flexibility index (Phi) is 7.91. The van der Waals surface area contributed by atoms with Crippen molar-refractivity contribution in [3.05, 3.63) is 47.5 Å². The largest absolute Gasteiger partial charge is 0.573 e. The quantitative estimate of drug-likeness (QED) is 0.554. The summed E-state index contributed by atoms with van der Waals surface area (Å²) in [5.74, 6) is -0.907. The second-order valence-corrected chi connectivity index (χ2v) is 7.80. The summed E-state index contributed by atoms with van der Waals surface area (Å²) in [5.41, 5.74) is 0.920. The SMILES string of the molecule is CC(=O)NCC(=O)N1CCCCC1/N=N/c1ccc(-c2ccccc2OC(F)(F)F)c(Cl)c1. The molecule has 33 heavy (non-hydrogen) atoms. The number of azo groups is 1. The van der Waals surface area contributed by atoms with E-state index in [0.29, 0.717) is 24.2 Å². The third-order valence-corrected chi connectivity index (χ3v) is 5.25. The van der Waals surface area contributed by atoms with E-state index in [4.69, 9.17) is 11.6 Å². The number of benzene rings is 2. The van der Waals surface area contributed by atoms with Gasteiger partial charge >= 0.3 is 6.36 Å². The number of rotatable bonds is 6. The molecule has 0 saturated carbocycles. The van der Waals surface area contributed by atoms with E-state index >= 15 is 0 Å². The molecule has 1 fully saturated rings. The lowest BCUT2D eigenvalue weighted by atomic mass is 10.0. The minimum atomic E-state index is -4.83. The van der Waals surface area contributed by atoms with Crippen LogP contribution in [0, 0.1) is 0 Å². The number of alkyl halides is 3. The van der Waals surface area contributed by atoms with Gasteiger partial charge in [-0.1, -0.05) is 35.9 Å². The zero-order valence-corrected chi connectivity index (χ0v) is 18.5. The van der Waals surface area contributed by atoms with Gasteiger partial charge < -0.3 is 15.0 Å². The van der Waals surface area contributed by atoms with Crippen LogP contribution in [0.3, 0.4) is 0 Å². The first-order valence-corrected chi connectivity index (χ1v) is 10.6. The van der Waals surface area contributed by atoms with Gasteiger partial charge in [0.1, 0.15) is 11.9 Å². The van der Waals surface area contributed by atoms with Gasteiger partial charge in [-0.25, -0.2) is 0 Å². The highest BCUT2D eigenvalue weighted by Crippen LogP contribution is 2.38. The molecular weight excluding hydrogens is 461 g/mol. The molecule has 0 spiro atoms. The zero-order valence-electron chi connectivity index (χ0n) is 17.7. The fourth-order valence-electron chi connectivity index (χ4n) is 3.45. The monoisotopic (exact) mass is 482 g/mol. The minimum Gasteiger partial charge on any atom is -0.405 e. The first kappa shape index (κ1) is 24.5. The second-order valence-electron chi connectivity index (χ2n) is 7.40. The van der Waals surface area contributed by atoms with Gasteiger partial charge in [0.2, 0.25) is 11.8 Å². The summed E-state index contributed by atoms with van der Waals surface area (Å²) in [5, 5.41) is 11.1. The van der Waals surface area contributed by atoms with Crippen LogP contribution in [-0.4, -0.2) is 42.3 Å². The number of hydrogen-bond donors (Lipinski definition) is 1. The van der Waals surface area contributed by atoms with Crippen molar-refractivity contribution in [1.29, 1.82) is 0 Å². The highest BCUT2D eigenvalue weighted by atomic mass is 35.5. The lowest BCUT2D eigenvalue weighted by Gasteiger charge is -2.32. The third-order valence-electron chi connectivity index (χ3n) is 4.94. The fourth-order valence-corrected chi connectivity index (χ4v) is 3.72. The Morgan fingerprint density at radius 2 is 1.94 bits per heavy atom. The van der Waals surface area contributed by atoms with Crippen molar-refractivity contribution in [2.45, 2.75) is 38.7 Å². The molecule has 2 aromatic rings. The number of para-hydroxylation sites is 1. The van der Waals surface area contributed by atoms with E-state index in [1.807, 2.05) is 0 Å². The smallest absolute Gasteiger partial charge is 0.405 e. The van der Waals surface area contributed by atoms with Crippen LogP contribution in [0.4, 0.5) is 18.9 Å². The van der Waals surface area contributed by atoms with E-state index in [1.165, 1.54) is 37.3 Å². The lowest BCUT2D eigenvalue weighted by Crippen LogP contribution is -2.46. The molecule has 1 unspecified atom stereocenters. The molecule has 1 N–H and O–H groups in total. The number of ether oxygens (including phenoxy) is 1. The molecule has 1 saturated heterocycles. The first-order chi connectivity index (χ1) is 15.6. The van der Waals surface area contributed by atoms with Crippen LogP contribution < -0.4 is 10.1 Å². The summed E-state index contributed by atoms with van der Waals surface area (Å²) < 4.78 is 42.3. The summed E-state index contributed by atoms with van der Waals surface area (Å²) in [6, 6.07) is 10.3. The van der Waals surface area contributed by atoms with Crippen molar-refractivity contribution in [2.75, 3.05) is 13.1 Å². The van der Waals surface area contributed by atoms with E-state index < -0.39 is 12.5 Å². The zero-order chi connectivity index (χ0) is 24.0. The van der Waals surface area contributed by atoms with Gasteiger partial charge in [0.15, 0.2) is 0 Å². The molecule has 7 nitrogen and oxygen atoms in total. The van der Waals surface area contributed by atoms with Gasteiger partial charge in [-0.15, -0.1) is 13.2 Å². The molecule has 1 heterocycles. The molecule has 3 rings (SSSR count). The summed E-state index contributed by atoms with van der Waals surface area (Å²) in [7, 11) is 0. The maximum Gasteiger partial charge on any atom is 0.573 e. The maximum atomic E-state index is 12.7. The molecule has 1 atom stereocenters. The van der Waals surface area contributed by atoms with Crippen molar-refractivity contribution in [3.8, 4) is 16.9 Å². The summed E-state index contributed by atoms with van der Waals surface area (Å²) in [6.07, 6.45) is -2.97. The van der Waals surface area contributed by atoms with Crippen LogP contribution in [0.25, 0.3) is 11.1 Å². The number of carbonyl (C=O) groups is 2. The van der Waals surface area contributed by atoms with Gasteiger partial charge in [-0.05, 0) is 37.5 Å². The van der Waals surface area contributed by atoms with E-state index in [1.54, 1.807) is 17.0 Å². The second kappa shape index (κ2) is 10.7. The lowest BCUT2D eigenvalue weighted by molar-refractivity contribution is -0.274. The number of amides is 2. The van der Waals surface area contributed by atoms with E-state index in [-0.39, 0.29) is 34.7 Å². The predicted molar refractivity (Wildman–Crippen MR) is 116 cm³/mol. The van der Waals surface area contributed by atoms with Crippen molar-refractivity contribution in [2.24, 2.45) is 10.2 Å². The summed E-state index contributed by atoms with van der Waals surface area (Å²) >= 11 is 6.34. The molecule has 0 bridgehead atoms. The van der Waals surface area contributed by atoms with Crippen LogP contribution in [0.1, 0.15) is 26.2 Å². The molecule has 176 valence electrons. The van der Waals surface area contributed by atoms with Crippen molar-refractivity contribution in [1.82, 2.24) is 10.2 Å². The average Bonchev–Trinajstić information content (AvgIpc) is 2.76. The molecule has 0 aromatic heterocycles. The highest BCUT2D eigenvalue weighted by molar-refractivity contribution is 6.33. The normalized spacial score (nSPS) is 16.6. The Morgan fingerprint density at radius 3 is 2.64 bits per heavy atom. The molecule has 11 heteroatoms. The third kappa shape index (κ3) is 6.92. The summed E-state index contributed by atoms with van der Waals surface area (Å²) in [4.78, 5) is 25.1. The van der Waals surface area contributed by atoms with E-state index in [0.717, 1.165) is 12.8 Å². The van der Waals surface area contributed by atoms with Crippen LogP contribution in [0.5, 0.6) is 5.75 Å². The van der Waals surface area contributed by atoms with Crippen LogP contribution >= 0.6 is 11.6 Å². The Bertz CT molecular complexity index is 1050. The van der Waals surface area contributed by atoms with E-state index in [2.05, 4.69) is 20.3 Å². The van der Waals surface area contributed by atoms with Crippen LogP contribution in [0.2, 0.25) is 5.02 Å². The first-order valence-electron chi connectivity index (χ1n) is 10.2. The Hall–Kier alpha value is -3.14. The Morgan fingerprint density at radius 1 is 1.18 bits per heavy atom. The Labute approximate surface area is 193 Å². The summed E-state index contributed by atoms with van der Waals surface area (Å²) in [6.45, 7) is 1.74. The Balaban J connectivity index is 1.78. The predicted octanol–water partition coefficient (Wildman–Crippen LogP) is 5.46.